The molecular weight excluding hydrogens is 224 g/mol. The summed E-state index contributed by atoms with van der Waals surface area (Å²) in [5.74, 6) is -1.21. The first kappa shape index (κ1) is 11.7. The number of rotatable bonds is 2. The van der Waals surface area contributed by atoms with E-state index in [-0.39, 0.29) is 5.56 Å². The number of pyridine rings is 1. The van der Waals surface area contributed by atoms with Gasteiger partial charge in [-0.1, -0.05) is 0 Å². The van der Waals surface area contributed by atoms with E-state index in [1.165, 1.54) is 6.20 Å². The number of halogens is 2. The fraction of sp³-hybridized carbons (Fsp3) is 0.154. The quantitative estimate of drug-likeness (QED) is 0.868. The highest BCUT2D eigenvalue weighted by Crippen LogP contribution is 2.24. The Morgan fingerprint density at radius 2 is 1.94 bits per heavy atom. The molecule has 1 heterocycles. The summed E-state index contributed by atoms with van der Waals surface area (Å²) in [6, 6.07) is 6.22. The molecule has 17 heavy (non-hydrogen) atoms. The van der Waals surface area contributed by atoms with Gasteiger partial charge in [0, 0.05) is 17.5 Å². The van der Waals surface area contributed by atoms with Crippen LogP contribution >= 0.6 is 0 Å². The van der Waals surface area contributed by atoms with Crippen LogP contribution in [-0.2, 0) is 0 Å². The maximum Gasteiger partial charge on any atom is 0.129 e. The summed E-state index contributed by atoms with van der Waals surface area (Å²) in [4.78, 5) is 3.98. The molecule has 0 amide bonds. The molecule has 2 rings (SSSR count). The van der Waals surface area contributed by atoms with E-state index in [0.717, 1.165) is 18.2 Å². The van der Waals surface area contributed by atoms with Gasteiger partial charge < -0.3 is 5.11 Å². The number of aromatic nitrogens is 1. The topological polar surface area (TPSA) is 33.1 Å². The third kappa shape index (κ3) is 2.47. The minimum Gasteiger partial charge on any atom is -0.384 e. The van der Waals surface area contributed by atoms with Crippen LogP contribution < -0.4 is 0 Å². The van der Waals surface area contributed by atoms with Gasteiger partial charge in [0.1, 0.15) is 17.7 Å². The third-order valence-electron chi connectivity index (χ3n) is 2.49. The number of aliphatic hydroxyl groups is 1. The van der Waals surface area contributed by atoms with E-state index in [2.05, 4.69) is 4.98 Å². The maximum absolute atomic E-state index is 13.5. The minimum absolute atomic E-state index is 0.0735. The molecule has 0 aliphatic carbocycles. The van der Waals surface area contributed by atoms with Gasteiger partial charge in [-0.2, -0.15) is 0 Å². The molecule has 2 nitrogen and oxygen atoms in total. The molecule has 4 heteroatoms. The highest BCUT2D eigenvalue weighted by Gasteiger charge is 2.16. The SMILES string of the molecule is Cc1cc(C(O)c2cc(F)ccc2F)ccn1. The summed E-state index contributed by atoms with van der Waals surface area (Å²) in [7, 11) is 0. The molecular formula is C13H11F2NO. The Morgan fingerprint density at radius 3 is 2.65 bits per heavy atom. The molecule has 0 radical (unpaired) electrons. The van der Waals surface area contributed by atoms with Crippen LogP contribution in [0.5, 0.6) is 0 Å². The average molecular weight is 235 g/mol. The minimum atomic E-state index is -1.19. The molecule has 1 atom stereocenters. The molecule has 0 spiro atoms. The van der Waals surface area contributed by atoms with Gasteiger partial charge in [-0.25, -0.2) is 8.78 Å². The lowest BCUT2D eigenvalue weighted by atomic mass is 10.0. The van der Waals surface area contributed by atoms with Crippen molar-refractivity contribution < 1.29 is 13.9 Å². The van der Waals surface area contributed by atoms with Crippen molar-refractivity contribution in [3.63, 3.8) is 0 Å². The van der Waals surface area contributed by atoms with E-state index in [1.54, 1.807) is 19.1 Å². The van der Waals surface area contributed by atoms with Crippen molar-refractivity contribution in [1.29, 1.82) is 0 Å². The molecule has 0 aliphatic heterocycles. The summed E-state index contributed by atoms with van der Waals surface area (Å²) in [6.07, 6.45) is 0.331. The standard InChI is InChI=1S/C13H11F2NO/c1-8-6-9(4-5-16-8)13(17)11-7-10(14)2-3-12(11)15/h2-7,13,17H,1H3. The van der Waals surface area contributed by atoms with Gasteiger partial charge >= 0.3 is 0 Å². The summed E-state index contributed by atoms with van der Waals surface area (Å²) in [5.41, 5.74) is 1.12. The molecule has 2 aromatic rings. The van der Waals surface area contributed by atoms with Crippen LogP contribution in [-0.4, -0.2) is 10.1 Å². The number of aliphatic hydroxyl groups excluding tert-OH is 1. The molecule has 0 saturated carbocycles. The third-order valence-corrected chi connectivity index (χ3v) is 2.49. The molecule has 1 unspecified atom stereocenters. The number of nitrogens with zero attached hydrogens (tertiary/aromatic N) is 1. The zero-order valence-electron chi connectivity index (χ0n) is 9.19. The Morgan fingerprint density at radius 1 is 1.18 bits per heavy atom. The van der Waals surface area contributed by atoms with Gasteiger partial charge in [0.25, 0.3) is 0 Å². The molecule has 0 saturated heterocycles. The number of hydrogen-bond acceptors (Lipinski definition) is 2. The van der Waals surface area contributed by atoms with Crippen molar-refractivity contribution in [2.75, 3.05) is 0 Å². The van der Waals surface area contributed by atoms with Crippen molar-refractivity contribution in [3.05, 3.63) is 65.0 Å². The van der Waals surface area contributed by atoms with E-state index >= 15 is 0 Å². The van der Waals surface area contributed by atoms with Crippen molar-refractivity contribution in [2.45, 2.75) is 13.0 Å². The Bertz CT molecular complexity index is 543. The number of hydrogen-bond donors (Lipinski definition) is 1. The van der Waals surface area contributed by atoms with Gasteiger partial charge in [-0.15, -0.1) is 0 Å². The Labute approximate surface area is 97.6 Å². The van der Waals surface area contributed by atoms with Crippen LogP contribution in [0.2, 0.25) is 0 Å². The number of aryl methyl sites for hydroxylation is 1. The molecule has 0 fully saturated rings. The zero-order valence-corrected chi connectivity index (χ0v) is 9.19. The molecule has 0 bridgehead atoms. The Hall–Kier alpha value is -1.81. The highest BCUT2D eigenvalue weighted by atomic mass is 19.1. The van der Waals surface area contributed by atoms with Crippen LogP contribution in [0.3, 0.4) is 0 Å². The van der Waals surface area contributed by atoms with Crippen LogP contribution in [0.25, 0.3) is 0 Å². The Kier molecular flexibility index (Phi) is 3.15. The lowest BCUT2D eigenvalue weighted by Gasteiger charge is -2.12. The molecule has 88 valence electrons. The first-order valence-corrected chi connectivity index (χ1v) is 5.13. The predicted octanol–water partition coefficient (Wildman–Crippen LogP) is 2.75. The second-order valence-electron chi connectivity index (χ2n) is 3.80. The van der Waals surface area contributed by atoms with Crippen molar-refractivity contribution in [1.82, 2.24) is 4.98 Å². The van der Waals surface area contributed by atoms with E-state index in [1.807, 2.05) is 0 Å². The van der Waals surface area contributed by atoms with E-state index in [4.69, 9.17) is 0 Å². The number of benzene rings is 1. The van der Waals surface area contributed by atoms with Gasteiger partial charge in [0.2, 0.25) is 0 Å². The fourth-order valence-corrected chi connectivity index (χ4v) is 1.64. The predicted molar refractivity (Wildman–Crippen MR) is 59.4 cm³/mol. The highest BCUT2D eigenvalue weighted by molar-refractivity contribution is 5.31. The Balaban J connectivity index is 2.43. The second kappa shape index (κ2) is 4.59. The lowest BCUT2D eigenvalue weighted by Crippen LogP contribution is -2.04. The monoisotopic (exact) mass is 235 g/mol. The van der Waals surface area contributed by atoms with E-state index in [9.17, 15) is 13.9 Å². The van der Waals surface area contributed by atoms with Gasteiger partial charge in [-0.3, -0.25) is 4.98 Å². The summed E-state index contributed by atoms with van der Waals surface area (Å²) in [6.45, 7) is 1.76. The van der Waals surface area contributed by atoms with Gasteiger partial charge in [0.15, 0.2) is 0 Å². The summed E-state index contributed by atoms with van der Waals surface area (Å²) < 4.78 is 26.5. The molecule has 0 aliphatic rings. The van der Waals surface area contributed by atoms with E-state index in [0.29, 0.717) is 11.3 Å². The first-order chi connectivity index (χ1) is 8.08. The first-order valence-electron chi connectivity index (χ1n) is 5.13. The molecule has 1 N–H and O–H groups in total. The zero-order chi connectivity index (χ0) is 12.4. The van der Waals surface area contributed by atoms with Crippen LogP contribution in [0.1, 0.15) is 22.9 Å². The fourth-order valence-electron chi connectivity index (χ4n) is 1.64. The second-order valence-corrected chi connectivity index (χ2v) is 3.80. The summed E-state index contributed by atoms with van der Waals surface area (Å²) >= 11 is 0. The van der Waals surface area contributed by atoms with E-state index < -0.39 is 17.7 Å². The molecule has 1 aromatic carbocycles. The molecule has 1 aromatic heterocycles. The largest absolute Gasteiger partial charge is 0.384 e. The van der Waals surface area contributed by atoms with Crippen molar-refractivity contribution in [3.8, 4) is 0 Å². The van der Waals surface area contributed by atoms with Gasteiger partial charge in [0.05, 0.1) is 0 Å². The summed E-state index contributed by atoms with van der Waals surface area (Å²) in [5, 5.41) is 9.99. The van der Waals surface area contributed by atoms with Crippen LogP contribution in [0.15, 0.2) is 36.5 Å². The smallest absolute Gasteiger partial charge is 0.129 e. The van der Waals surface area contributed by atoms with Gasteiger partial charge in [-0.05, 0) is 42.8 Å². The van der Waals surface area contributed by atoms with Crippen LogP contribution in [0.4, 0.5) is 8.78 Å². The maximum atomic E-state index is 13.5. The van der Waals surface area contributed by atoms with Crippen molar-refractivity contribution in [2.24, 2.45) is 0 Å². The normalized spacial score (nSPS) is 12.5. The average Bonchev–Trinajstić information content (AvgIpc) is 2.31. The van der Waals surface area contributed by atoms with Crippen molar-refractivity contribution >= 4 is 0 Å². The lowest BCUT2D eigenvalue weighted by molar-refractivity contribution is 0.214. The van der Waals surface area contributed by atoms with Crippen LogP contribution in [0, 0.1) is 18.6 Å².